The Bertz CT molecular complexity index is 627. The Morgan fingerprint density at radius 3 is 2.65 bits per heavy atom. The number of rotatable bonds is 2. The molecule has 1 aromatic rings. The average molecular weight is 316 g/mol. The minimum Gasteiger partial charge on any atom is -0.338 e. The van der Waals surface area contributed by atoms with Crippen LogP contribution in [0, 0.1) is 12.8 Å². The van der Waals surface area contributed by atoms with Gasteiger partial charge in [0.15, 0.2) is 0 Å². The van der Waals surface area contributed by atoms with E-state index < -0.39 is 9.05 Å². The van der Waals surface area contributed by atoms with Crippen LogP contribution in [0.1, 0.15) is 35.7 Å². The second-order valence-corrected chi connectivity index (χ2v) is 7.95. The maximum Gasteiger partial charge on any atom is 0.261 e. The van der Waals surface area contributed by atoms with E-state index >= 15 is 0 Å². The first-order chi connectivity index (χ1) is 9.29. The van der Waals surface area contributed by atoms with Crippen molar-refractivity contribution in [1.29, 1.82) is 0 Å². The van der Waals surface area contributed by atoms with Crippen molar-refractivity contribution >= 4 is 25.6 Å². The number of hydrogen-bond acceptors (Lipinski definition) is 3. The van der Waals surface area contributed by atoms with Crippen molar-refractivity contribution in [3.63, 3.8) is 0 Å². The highest BCUT2D eigenvalue weighted by Crippen LogP contribution is 2.23. The molecule has 1 fully saturated rings. The molecule has 0 aliphatic carbocycles. The lowest BCUT2D eigenvalue weighted by atomic mass is 9.99. The van der Waals surface area contributed by atoms with Crippen LogP contribution < -0.4 is 0 Å². The molecule has 1 aromatic carbocycles. The minimum atomic E-state index is -3.76. The third kappa shape index (κ3) is 3.33. The molecule has 2 rings (SSSR count). The lowest BCUT2D eigenvalue weighted by molar-refractivity contribution is 0.0683. The number of halogens is 1. The predicted molar refractivity (Wildman–Crippen MR) is 78.5 cm³/mol. The summed E-state index contributed by atoms with van der Waals surface area (Å²) in [4.78, 5) is 14.3. The summed E-state index contributed by atoms with van der Waals surface area (Å²) in [6.45, 7) is 5.30. The van der Waals surface area contributed by atoms with Gasteiger partial charge in [-0.3, -0.25) is 4.79 Å². The van der Waals surface area contributed by atoms with Gasteiger partial charge in [0.05, 0.1) is 4.90 Å². The Hall–Kier alpha value is -1.07. The minimum absolute atomic E-state index is 0.0434. The smallest absolute Gasteiger partial charge is 0.261 e. The van der Waals surface area contributed by atoms with Crippen LogP contribution in [0.3, 0.4) is 0 Å². The molecule has 6 heteroatoms. The molecule has 20 heavy (non-hydrogen) atoms. The average Bonchev–Trinajstić information content (AvgIpc) is 2.36. The fraction of sp³-hybridized carbons (Fsp3) is 0.500. The van der Waals surface area contributed by atoms with Crippen molar-refractivity contribution in [2.75, 3.05) is 13.1 Å². The van der Waals surface area contributed by atoms with Gasteiger partial charge in [-0.2, -0.15) is 0 Å². The number of likely N-dealkylation sites (tertiary alicyclic amines) is 1. The summed E-state index contributed by atoms with van der Waals surface area (Å²) in [7, 11) is 1.58. The largest absolute Gasteiger partial charge is 0.338 e. The number of carbonyl (C=O) groups excluding carboxylic acids is 1. The maximum absolute atomic E-state index is 12.4. The SMILES string of the molecule is Cc1cc(C(=O)N2CCCC(C)C2)ccc1S(=O)(=O)Cl. The zero-order valence-electron chi connectivity index (χ0n) is 11.6. The lowest BCUT2D eigenvalue weighted by Gasteiger charge is -2.31. The molecule has 1 atom stereocenters. The van der Waals surface area contributed by atoms with E-state index in [9.17, 15) is 13.2 Å². The number of amides is 1. The van der Waals surface area contributed by atoms with Gasteiger partial charge >= 0.3 is 0 Å². The van der Waals surface area contributed by atoms with Crippen molar-refractivity contribution in [3.05, 3.63) is 29.3 Å². The van der Waals surface area contributed by atoms with Crippen LogP contribution in [0.15, 0.2) is 23.1 Å². The Kier molecular flexibility index (Phi) is 4.39. The molecule has 1 unspecified atom stereocenters. The van der Waals surface area contributed by atoms with Crippen molar-refractivity contribution in [1.82, 2.24) is 4.90 Å². The van der Waals surface area contributed by atoms with E-state index in [-0.39, 0.29) is 10.8 Å². The van der Waals surface area contributed by atoms with Gasteiger partial charge in [0.2, 0.25) is 0 Å². The van der Waals surface area contributed by atoms with Crippen LogP contribution in [0.4, 0.5) is 0 Å². The van der Waals surface area contributed by atoms with Gasteiger partial charge in [0.25, 0.3) is 15.0 Å². The van der Waals surface area contributed by atoms with E-state index in [0.717, 1.165) is 25.9 Å². The van der Waals surface area contributed by atoms with E-state index in [1.54, 1.807) is 13.0 Å². The summed E-state index contributed by atoms with van der Waals surface area (Å²) >= 11 is 0. The molecule has 0 radical (unpaired) electrons. The third-order valence-electron chi connectivity index (χ3n) is 3.63. The summed E-state index contributed by atoms with van der Waals surface area (Å²) in [5, 5.41) is 0. The van der Waals surface area contributed by atoms with Gasteiger partial charge in [0.1, 0.15) is 0 Å². The highest BCUT2D eigenvalue weighted by atomic mass is 35.7. The van der Waals surface area contributed by atoms with Gasteiger partial charge in [-0.25, -0.2) is 8.42 Å². The van der Waals surface area contributed by atoms with Crippen LogP contribution in [0.5, 0.6) is 0 Å². The fourth-order valence-electron chi connectivity index (χ4n) is 2.61. The normalized spacial score (nSPS) is 19.9. The van der Waals surface area contributed by atoms with E-state index in [4.69, 9.17) is 10.7 Å². The highest BCUT2D eigenvalue weighted by molar-refractivity contribution is 8.13. The van der Waals surface area contributed by atoms with Crippen LogP contribution in [-0.4, -0.2) is 32.3 Å². The van der Waals surface area contributed by atoms with Crippen molar-refractivity contribution in [2.24, 2.45) is 5.92 Å². The van der Waals surface area contributed by atoms with E-state index in [2.05, 4.69) is 6.92 Å². The molecule has 110 valence electrons. The molecular weight excluding hydrogens is 298 g/mol. The molecule has 1 amide bonds. The Morgan fingerprint density at radius 1 is 1.40 bits per heavy atom. The monoisotopic (exact) mass is 315 g/mol. The molecule has 1 aliphatic rings. The van der Waals surface area contributed by atoms with Gasteiger partial charge < -0.3 is 4.90 Å². The van der Waals surface area contributed by atoms with Gasteiger partial charge in [0, 0.05) is 29.3 Å². The molecule has 0 aromatic heterocycles. The van der Waals surface area contributed by atoms with Crippen molar-refractivity contribution < 1.29 is 13.2 Å². The third-order valence-corrected chi connectivity index (χ3v) is 5.11. The van der Waals surface area contributed by atoms with Gasteiger partial charge in [-0.1, -0.05) is 6.92 Å². The molecule has 1 heterocycles. The second kappa shape index (κ2) is 5.74. The Labute approximate surface area is 124 Å². The van der Waals surface area contributed by atoms with E-state index in [1.807, 2.05) is 4.90 Å². The summed E-state index contributed by atoms with van der Waals surface area (Å²) in [6, 6.07) is 4.53. The second-order valence-electron chi connectivity index (χ2n) is 5.42. The molecule has 0 N–H and O–H groups in total. The summed E-state index contributed by atoms with van der Waals surface area (Å²) in [5.41, 5.74) is 1.01. The number of benzene rings is 1. The van der Waals surface area contributed by atoms with Gasteiger partial charge in [-0.15, -0.1) is 0 Å². The fourth-order valence-corrected chi connectivity index (χ4v) is 3.81. The number of carbonyl (C=O) groups is 1. The van der Waals surface area contributed by atoms with E-state index in [1.165, 1.54) is 12.1 Å². The molecule has 0 spiro atoms. The highest BCUT2D eigenvalue weighted by Gasteiger charge is 2.23. The first kappa shape index (κ1) is 15.3. The first-order valence-corrected chi connectivity index (χ1v) is 8.94. The number of nitrogens with zero attached hydrogens (tertiary/aromatic N) is 1. The zero-order valence-corrected chi connectivity index (χ0v) is 13.2. The van der Waals surface area contributed by atoms with Crippen LogP contribution in [0.2, 0.25) is 0 Å². The first-order valence-electron chi connectivity index (χ1n) is 6.63. The quantitative estimate of drug-likeness (QED) is 0.789. The molecule has 0 saturated carbocycles. The van der Waals surface area contributed by atoms with Crippen molar-refractivity contribution in [2.45, 2.75) is 31.6 Å². The molecule has 4 nitrogen and oxygen atoms in total. The summed E-state index contributed by atoms with van der Waals surface area (Å²) < 4.78 is 22.7. The standard InChI is InChI=1S/C14H18ClNO3S/c1-10-4-3-7-16(9-10)14(17)12-5-6-13(11(2)8-12)20(15,18)19/h5-6,8,10H,3-4,7,9H2,1-2H3. The number of piperidine rings is 1. The molecule has 1 saturated heterocycles. The van der Waals surface area contributed by atoms with Crippen LogP contribution in [-0.2, 0) is 9.05 Å². The molecule has 0 bridgehead atoms. The number of aryl methyl sites for hydroxylation is 1. The topological polar surface area (TPSA) is 54.5 Å². The van der Waals surface area contributed by atoms with Crippen LogP contribution >= 0.6 is 10.7 Å². The van der Waals surface area contributed by atoms with Crippen molar-refractivity contribution in [3.8, 4) is 0 Å². The lowest BCUT2D eigenvalue weighted by Crippen LogP contribution is -2.39. The molecule has 1 aliphatic heterocycles. The Morgan fingerprint density at radius 2 is 2.10 bits per heavy atom. The predicted octanol–water partition coefficient (Wildman–Crippen LogP) is 2.79. The summed E-state index contributed by atoms with van der Waals surface area (Å²) in [5.74, 6) is 0.467. The maximum atomic E-state index is 12.4. The Balaban J connectivity index is 2.25. The summed E-state index contributed by atoms with van der Waals surface area (Å²) in [6.07, 6.45) is 2.16. The van der Waals surface area contributed by atoms with Crippen LogP contribution in [0.25, 0.3) is 0 Å². The van der Waals surface area contributed by atoms with Gasteiger partial charge in [-0.05, 0) is 49.4 Å². The number of hydrogen-bond donors (Lipinski definition) is 0. The molecular formula is C14H18ClNO3S. The van der Waals surface area contributed by atoms with E-state index in [0.29, 0.717) is 17.0 Å². The zero-order chi connectivity index (χ0) is 14.9.